The number of nitrogens with zero attached hydrogens (tertiary/aromatic N) is 2. The van der Waals surface area contributed by atoms with Crippen molar-refractivity contribution in [2.45, 2.75) is 32.7 Å². The fraction of sp³-hybridized carbons (Fsp3) is 0.750. The molecule has 2 heterocycles. The zero-order valence-corrected chi connectivity index (χ0v) is 10.4. The van der Waals surface area contributed by atoms with Crippen molar-refractivity contribution in [3.8, 4) is 0 Å². The molecule has 1 aliphatic rings. The number of piperazine rings is 1. The smallest absolute Gasteiger partial charge is 0.208 e. The van der Waals surface area contributed by atoms with Crippen LogP contribution in [0, 0.1) is 0 Å². The van der Waals surface area contributed by atoms with Crippen LogP contribution in [0.1, 0.15) is 32.4 Å². The van der Waals surface area contributed by atoms with E-state index in [9.17, 15) is 0 Å². The molecule has 4 nitrogen and oxygen atoms in total. The molecule has 0 bridgehead atoms. The molecule has 90 valence electrons. The molecular formula is C12H21N3O. The number of rotatable bonds is 2. The zero-order chi connectivity index (χ0) is 11.6. The standard InChI is InChI=1S/C12H21N3O/c1-12(2,3)10-8-14-11(16-10)9-15-6-4-13-5-7-15/h8,13H,4-7,9H2,1-3H3. The Bertz CT molecular complexity index is 334. The fourth-order valence-corrected chi connectivity index (χ4v) is 1.79. The van der Waals surface area contributed by atoms with E-state index in [1.165, 1.54) is 0 Å². The third-order valence-electron chi connectivity index (χ3n) is 2.86. The maximum Gasteiger partial charge on any atom is 0.208 e. The average Bonchev–Trinajstić information content (AvgIpc) is 2.67. The lowest BCUT2D eigenvalue weighted by molar-refractivity contribution is 0.208. The van der Waals surface area contributed by atoms with Gasteiger partial charge in [0, 0.05) is 31.6 Å². The normalized spacial score (nSPS) is 18.9. The van der Waals surface area contributed by atoms with Crippen LogP contribution in [0.25, 0.3) is 0 Å². The van der Waals surface area contributed by atoms with Gasteiger partial charge in [0.25, 0.3) is 0 Å². The van der Waals surface area contributed by atoms with E-state index in [0.717, 1.165) is 44.4 Å². The Morgan fingerprint density at radius 1 is 1.38 bits per heavy atom. The topological polar surface area (TPSA) is 41.3 Å². The zero-order valence-electron chi connectivity index (χ0n) is 10.4. The lowest BCUT2D eigenvalue weighted by Gasteiger charge is -2.25. The van der Waals surface area contributed by atoms with Crippen molar-refractivity contribution in [3.63, 3.8) is 0 Å². The molecular weight excluding hydrogens is 202 g/mol. The second-order valence-electron chi connectivity index (χ2n) is 5.39. The molecule has 0 aliphatic carbocycles. The van der Waals surface area contributed by atoms with Gasteiger partial charge in [-0.3, -0.25) is 4.90 Å². The largest absolute Gasteiger partial charge is 0.444 e. The summed E-state index contributed by atoms with van der Waals surface area (Å²) in [5.41, 5.74) is 0.0503. The SMILES string of the molecule is CC(C)(C)c1cnc(CN2CCNCC2)o1. The van der Waals surface area contributed by atoms with E-state index in [1.54, 1.807) is 0 Å². The second-order valence-corrected chi connectivity index (χ2v) is 5.39. The van der Waals surface area contributed by atoms with Crippen LogP contribution in [0.3, 0.4) is 0 Å². The van der Waals surface area contributed by atoms with Crippen molar-refractivity contribution in [2.24, 2.45) is 0 Å². The predicted molar refractivity (Wildman–Crippen MR) is 63.3 cm³/mol. The molecule has 1 N–H and O–H groups in total. The van der Waals surface area contributed by atoms with Crippen LogP contribution in [0.4, 0.5) is 0 Å². The van der Waals surface area contributed by atoms with E-state index < -0.39 is 0 Å². The summed E-state index contributed by atoms with van der Waals surface area (Å²) < 4.78 is 5.78. The highest BCUT2D eigenvalue weighted by Crippen LogP contribution is 2.23. The van der Waals surface area contributed by atoms with Gasteiger partial charge >= 0.3 is 0 Å². The maximum atomic E-state index is 5.78. The molecule has 1 saturated heterocycles. The van der Waals surface area contributed by atoms with E-state index in [4.69, 9.17) is 4.42 Å². The van der Waals surface area contributed by atoms with Gasteiger partial charge in [-0.2, -0.15) is 0 Å². The lowest BCUT2D eigenvalue weighted by atomic mass is 9.94. The van der Waals surface area contributed by atoms with Gasteiger partial charge in [-0.25, -0.2) is 4.98 Å². The summed E-state index contributed by atoms with van der Waals surface area (Å²) >= 11 is 0. The summed E-state index contributed by atoms with van der Waals surface area (Å²) in [6.07, 6.45) is 1.86. The van der Waals surface area contributed by atoms with Gasteiger partial charge in [0.1, 0.15) is 5.76 Å². The summed E-state index contributed by atoms with van der Waals surface area (Å²) in [4.78, 5) is 6.72. The Labute approximate surface area is 97.0 Å². The van der Waals surface area contributed by atoms with E-state index in [1.807, 2.05) is 6.20 Å². The molecule has 1 aromatic heterocycles. The van der Waals surface area contributed by atoms with Crippen LogP contribution < -0.4 is 5.32 Å². The Morgan fingerprint density at radius 3 is 2.62 bits per heavy atom. The third-order valence-corrected chi connectivity index (χ3v) is 2.86. The number of aromatic nitrogens is 1. The first kappa shape index (κ1) is 11.6. The van der Waals surface area contributed by atoms with Crippen molar-refractivity contribution in [3.05, 3.63) is 17.8 Å². The second kappa shape index (κ2) is 4.55. The fourth-order valence-electron chi connectivity index (χ4n) is 1.79. The van der Waals surface area contributed by atoms with Gasteiger partial charge in [0.15, 0.2) is 0 Å². The quantitative estimate of drug-likeness (QED) is 0.822. The molecule has 0 aromatic carbocycles. The van der Waals surface area contributed by atoms with Crippen molar-refractivity contribution in [1.82, 2.24) is 15.2 Å². The minimum atomic E-state index is 0.0503. The maximum absolute atomic E-state index is 5.78. The van der Waals surface area contributed by atoms with E-state index in [-0.39, 0.29) is 5.41 Å². The van der Waals surface area contributed by atoms with Crippen molar-refractivity contribution < 1.29 is 4.42 Å². The van der Waals surface area contributed by atoms with Gasteiger partial charge in [0.2, 0.25) is 5.89 Å². The first-order valence-electron chi connectivity index (χ1n) is 5.94. The Balaban J connectivity index is 1.97. The van der Waals surface area contributed by atoms with Crippen LogP contribution in [0.2, 0.25) is 0 Å². The average molecular weight is 223 g/mol. The minimum Gasteiger partial charge on any atom is -0.444 e. The highest BCUT2D eigenvalue weighted by Gasteiger charge is 2.20. The van der Waals surface area contributed by atoms with Gasteiger partial charge in [-0.15, -0.1) is 0 Å². The molecule has 1 aliphatic heterocycles. The summed E-state index contributed by atoms with van der Waals surface area (Å²) in [7, 11) is 0. The minimum absolute atomic E-state index is 0.0503. The molecule has 1 aromatic rings. The molecule has 0 saturated carbocycles. The lowest BCUT2D eigenvalue weighted by Crippen LogP contribution is -2.42. The Hall–Kier alpha value is -0.870. The first-order valence-corrected chi connectivity index (χ1v) is 5.94. The number of oxazole rings is 1. The molecule has 0 spiro atoms. The molecule has 0 amide bonds. The molecule has 4 heteroatoms. The molecule has 16 heavy (non-hydrogen) atoms. The van der Waals surface area contributed by atoms with E-state index >= 15 is 0 Å². The van der Waals surface area contributed by atoms with Crippen LogP contribution >= 0.6 is 0 Å². The van der Waals surface area contributed by atoms with Crippen LogP contribution in [-0.2, 0) is 12.0 Å². The van der Waals surface area contributed by atoms with E-state index in [0.29, 0.717) is 0 Å². The number of hydrogen-bond donors (Lipinski definition) is 1. The van der Waals surface area contributed by atoms with Crippen molar-refractivity contribution >= 4 is 0 Å². The Morgan fingerprint density at radius 2 is 2.06 bits per heavy atom. The molecule has 0 unspecified atom stereocenters. The van der Waals surface area contributed by atoms with Gasteiger partial charge in [-0.1, -0.05) is 20.8 Å². The summed E-state index contributed by atoms with van der Waals surface area (Å²) in [5.74, 6) is 1.81. The Kier molecular flexibility index (Phi) is 3.30. The molecule has 0 atom stereocenters. The van der Waals surface area contributed by atoms with Crippen LogP contribution in [0.15, 0.2) is 10.6 Å². The van der Waals surface area contributed by atoms with Crippen LogP contribution in [0.5, 0.6) is 0 Å². The predicted octanol–water partition coefficient (Wildman–Crippen LogP) is 1.38. The molecule has 0 radical (unpaired) electrons. The monoisotopic (exact) mass is 223 g/mol. The highest BCUT2D eigenvalue weighted by atomic mass is 16.4. The molecule has 2 rings (SSSR count). The van der Waals surface area contributed by atoms with Crippen molar-refractivity contribution in [2.75, 3.05) is 26.2 Å². The summed E-state index contributed by atoms with van der Waals surface area (Å²) in [6, 6.07) is 0. The molecule has 1 fully saturated rings. The number of hydrogen-bond acceptors (Lipinski definition) is 4. The summed E-state index contributed by atoms with van der Waals surface area (Å²) in [5, 5.41) is 3.34. The third kappa shape index (κ3) is 2.83. The number of nitrogens with one attached hydrogen (secondary N) is 1. The van der Waals surface area contributed by atoms with Gasteiger partial charge in [0.05, 0.1) is 12.7 Å². The van der Waals surface area contributed by atoms with Crippen molar-refractivity contribution in [1.29, 1.82) is 0 Å². The van der Waals surface area contributed by atoms with Crippen LogP contribution in [-0.4, -0.2) is 36.1 Å². The van der Waals surface area contributed by atoms with E-state index in [2.05, 4.69) is 36.0 Å². The van der Waals surface area contributed by atoms with Gasteiger partial charge in [-0.05, 0) is 0 Å². The highest BCUT2D eigenvalue weighted by molar-refractivity contribution is 5.06. The van der Waals surface area contributed by atoms with Gasteiger partial charge < -0.3 is 9.73 Å². The first-order chi connectivity index (χ1) is 7.55. The summed E-state index contributed by atoms with van der Waals surface area (Å²) in [6.45, 7) is 11.5.